The van der Waals surface area contributed by atoms with Gasteiger partial charge in [-0.3, -0.25) is 4.79 Å². The van der Waals surface area contributed by atoms with Gasteiger partial charge in [-0.2, -0.15) is 0 Å². The SMILES string of the molecule is CC[C@@H](C)N1C(=O)c2ccccc2N[C@@H]1c1cc(Br)c(O)c(OC)c1. The number of ether oxygens (including phenoxy) is 1. The molecule has 132 valence electrons. The van der Waals surface area contributed by atoms with E-state index < -0.39 is 0 Å². The van der Waals surface area contributed by atoms with Crippen molar-refractivity contribution in [1.82, 2.24) is 4.90 Å². The number of phenolic OH excluding ortho intramolecular Hbond substituents is 1. The van der Waals surface area contributed by atoms with Gasteiger partial charge in [0.15, 0.2) is 11.5 Å². The number of para-hydroxylation sites is 1. The molecule has 0 saturated heterocycles. The normalized spacial score (nSPS) is 17.7. The van der Waals surface area contributed by atoms with Crippen molar-refractivity contribution in [3.8, 4) is 11.5 Å². The Balaban J connectivity index is 2.13. The number of amides is 1. The lowest BCUT2D eigenvalue weighted by atomic mass is 10.0. The highest BCUT2D eigenvalue weighted by Gasteiger charge is 2.35. The molecule has 2 aromatic rings. The number of hydrogen-bond donors (Lipinski definition) is 2. The summed E-state index contributed by atoms with van der Waals surface area (Å²) in [7, 11) is 1.51. The van der Waals surface area contributed by atoms with Gasteiger partial charge in [0, 0.05) is 11.7 Å². The molecule has 0 fully saturated rings. The van der Waals surface area contributed by atoms with Gasteiger partial charge in [-0.05, 0) is 59.1 Å². The number of nitrogens with one attached hydrogen (secondary N) is 1. The van der Waals surface area contributed by atoms with E-state index in [1.54, 1.807) is 6.07 Å². The molecule has 1 heterocycles. The summed E-state index contributed by atoms with van der Waals surface area (Å²) in [6, 6.07) is 11.1. The van der Waals surface area contributed by atoms with E-state index in [1.165, 1.54) is 7.11 Å². The van der Waals surface area contributed by atoms with Gasteiger partial charge in [0.1, 0.15) is 6.17 Å². The molecule has 2 atom stereocenters. The fourth-order valence-electron chi connectivity index (χ4n) is 3.07. The van der Waals surface area contributed by atoms with Crippen molar-refractivity contribution >= 4 is 27.5 Å². The van der Waals surface area contributed by atoms with E-state index >= 15 is 0 Å². The van der Waals surface area contributed by atoms with Crippen molar-refractivity contribution in [3.05, 3.63) is 52.0 Å². The van der Waals surface area contributed by atoms with Crippen LogP contribution in [-0.2, 0) is 0 Å². The van der Waals surface area contributed by atoms with Gasteiger partial charge in [-0.15, -0.1) is 0 Å². The lowest BCUT2D eigenvalue weighted by Crippen LogP contribution is -2.47. The van der Waals surface area contributed by atoms with Crippen LogP contribution in [-0.4, -0.2) is 29.1 Å². The molecule has 6 heteroatoms. The fourth-order valence-corrected chi connectivity index (χ4v) is 3.53. The number of phenols is 1. The zero-order valence-corrected chi connectivity index (χ0v) is 16.0. The van der Waals surface area contributed by atoms with Crippen LogP contribution in [0.15, 0.2) is 40.9 Å². The quantitative estimate of drug-likeness (QED) is 0.785. The van der Waals surface area contributed by atoms with Crippen LogP contribution in [0.1, 0.15) is 42.4 Å². The Labute approximate surface area is 155 Å². The molecule has 3 rings (SSSR count). The molecular formula is C19H21BrN2O3. The van der Waals surface area contributed by atoms with E-state index in [0.29, 0.717) is 15.8 Å². The number of rotatable bonds is 4. The minimum Gasteiger partial charge on any atom is -0.503 e. The average molecular weight is 405 g/mol. The summed E-state index contributed by atoms with van der Waals surface area (Å²) in [6.45, 7) is 4.09. The van der Waals surface area contributed by atoms with Crippen LogP contribution < -0.4 is 10.1 Å². The molecule has 0 spiro atoms. The summed E-state index contributed by atoms with van der Waals surface area (Å²) in [4.78, 5) is 14.9. The Kier molecular flexibility index (Phi) is 4.90. The van der Waals surface area contributed by atoms with Crippen LogP contribution in [0, 0.1) is 0 Å². The third-order valence-corrected chi connectivity index (χ3v) is 5.22. The minimum atomic E-state index is -0.344. The van der Waals surface area contributed by atoms with E-state index in [2.05, 4.69) is 28.2 Å². The summed E-state index contributed by atoms with van der Waals surface area (Å²) in [5, 5.41) is 13.5. The highest BCUT2D eigenvalue weighted by atomic mass is 79.9. The largest absolute Gasteiger partial charge is 0.503 e. The number of aromatic hydroxyl groups is 1. The molecular weight excluding hydrogens is 384 g/mol. The predicted molar refractivity (Wildman–Crippen MR) is 101 cm³/mol. The molecule has 1 aliphatic heterocycles. The summed E-state index contributed by atoms with van der Waals surface area (Å²) in [5.41, 5.74) is 2.31. The van der Waals surface area contributed by atoms with Crippen molar-refractivity contribution in [2.45, 2.75) is 32.5 Å². The van der Waals surface area contributed by atoms with Crippen LogP contribution >= 0.6 is 15.9 Å². The van der Waals surface area contributed by atoms with Crippen molar-refractivity contribution in [2.75, 3.05) is 12.4 Å². The number of carbonyl (C=O) groups is 1. The second-order valence-electron chi connectivity index (χ2n) is 6.12. The second kappa shape index (κ2) is 6.96. The predicted octanol–water partition coefficient (Wildman–Crippen LogP) is 4.53. The lowest BCUT2D eigenvalue weighted by Gasteiger charge is -2.41. The van der Waals surface area contributed by atoms with Gasteiger partial charge in [0.05, 0.1) is 17.1 Å². The summed E-state index contributed by atoms with van der Waals surface area (Å²) in [6.07, 6.45) is 0.491. The smallest absolute Gasteiger partial charge is 0.258 e. The highest BCUT2D eigenvalue weighted by Crippen LogP contribution is 2.41. The van der Waals surface area contributed by atoms with Gasteiger partial charge in [0.2, 0.25) is 0 Å². The Morgan fingerprint density at radius 1 is 1.36 bits per heavy atom. The van der Waals surface area contributed by atoms with Crippen LogP contribution in [0.25, 0.3) is 0 Å². The van der Waals surface area contributed by atoms with Crippen molar-refractivity contribution < 1.29 is 14.6 Å². The zero-order chi connectivity index (χ0) is 18.1. The molecule has 1 amide bonds. The number of carbonyl (C=O) groups excluding carboxylic acids is 1. The van der Waals surface area contributed by atoms with Crippen molar-refractivity contribution in [2.24, 2.45) is 0 Å². The fraction of sp³-hybridized carbons (Fsp3) is 0.316. The maximum Gasteiger partial charge on any atom is 0.258 e. The number of nitrogens with zero attached hydrogens (tertiary/aromatic N) is 1. The molecule has 5 nitrogen and oxygen atoms in total. The van der Waals surface area contributed by atoms with E-state index in [4.69, 9.17) is 4.74 Å². The first kappa shape index (κ1) is 17.6. The van der Waals surface area contributed by atoms with Crippen molar-refractivity contribution in [1.29, 1.82) is 0 Å². The highest BCUT2D eigenvalue weighted by molar-refractivity contribution is 9.10. The van der Waals surface area contributed by atoms with Crippen LogP contribution in [0.3, 0.4) is 0 Å². The number of fused-ring (bicyclic) bond motifs is 1. The molecule has 25 heavy (non-hydrogen) atoms. The molecule has 0 aromatic heterocycles. The van der Waals surface area contributed by atoms with Gasteiger partial charge >= 0.3 is 0 Å². The van der Waals surface area contributed by atoms with E-state index in [-0.39, 0.29) is 23.9 Å². The van der Waals surface area contributed by atoms with Crippen LogP contribution in [0.2, 0.25) is 0 Å². The first-order chi connectivity index (χ1) is 12.0. The number of halogens is 1. The van der Waals surface area contributed by atoms with Gasteiger partial charge in [0.25, 0.3) is 5.91 Å². The minimum absolute atomic E-state index is 0.00290. The number of benzene rings is 2. The summed E-state index contributed by atoms with van der Waals surface area (Å²) in [5.74, 6) is 0.405. The first-order valence-electron chi connectivity index (χ1n) is 8.22. The number of hydrogen-bond acceptors (Lipinski definition) is 4. The zero-order valence-electron chi connectivity index (χ0n) is 14.4. The lowest BCUT2D eigenvalue weighted by molar-refractivity contribution is 0.0593. The molecule has 0 aliphatic carbocycles. The van der Waals surface area contributed by atoms with E-state index in [9.17, 15) is 9.90 Å². The van der Waals surface area contributed by atoms with Gasteiger partial charge in [-0.25, -0.2) is 0 Å². The maximum absolute atomic E-state index is 13.1. The van der Waals surface area contributed by atoms with Gasteiger partial charge < -0.3 is 20.1 Å². The topological polar surface area (TPSA) is 61.8 Å². The molecule has 0 bridgehead atoms. The molecule has 2 aromatic carbocycles. The summed E-state index contributed by atoms with van der Waals surface area (Å²) >= 11 is 3.36. The van der Waals surface area contributed by atoms with Crippen LogP contribution in [0.5, 0.6) is 11.5 Å². The van der Waals surface area contributed by atoms with E-state index in [1.807, 2.05) is 42.2 Å². The monoisotopic (exact) mass is 404 g/mol. The third kappa shape index (κ3) is 3.06. The van der Waals surface area contributed by atoms with Crippen molar-refractivity contribution in [3.63, 3.8) is 0 Å². The van der Waals surface area contributed by atoms with Gasteiger partial charge in [-0.1, -0.05) is 19.1 Å². The standard InChI is InChI=1S/C19H21BrN2O3/c1-4-11(2)22-18(12-9-14(20)17(23)16(10-12)25-3)21-15-8-6-5-7-13(15)19(22)24/h5-11,18,21,23H,4H2,1-3H3/t11-,18+/m1/s1. The number of anilines is 1. The average Bonchev–Trinajstić information content (AvgIpc) is 2.63. The first-order valence-corrected chi connectivity index (χ1v) is 9.01. The van der Waals surface area contributed by atoms with E-state index in [0.717, 1.165) is 17.7 Å². The molecule has 2 N–H and O–H groups in total. The Bertz CT molecular complexity index is 809. The summed E-state index contributed by atoms with van der Waals surface area (Å²) < 4.78 is 5.79. The molecule has 1 aliphatic rings. The third-order valence-electron chi connectivity index (χ3n) is 4.61. The molecule has 0 unspecified atom stereocenters. The van der Waals surface area contributed by atoms with Crippen LogP contribution in [0.4, 0.5) is 5.69 Å². The second-order valence-corrected chi connectivity index (χ2v) is 6.97. The Hall–Kier alpha value is -2.21. The maximum atomic E-state index is 13.1. The number of methoxy groups -OCH3 is 1. The molecule has 0 radical (unpaired) electrons. The Morgan fingerprint density at radius 3 is 2.76 bits per heavy atom. The Morgan fingerprint density at radius 2 is 2.08 bits per heavy atom. The molecule has 0 saturated carbocycles.